The number of benzene rings is 2. The van der Waals surface area contributed by atoms with Gasteiger partial charge in [0.1, 0.15) is 5.69 Å². The van der Waals surface area contributed by atoms with Gasteiger partial charge in [0.2, 0.25) is 0 Å². The fourth-order valence-electron chi connectivity index (χ4n) is 4.22. The molecule has 1 aliphatic rings. The molecular weight excluding hydrogens is 388 g/mol. The third-order valence-corrected chi connectivity index (χ3v) is 5.86. The second-order valence-electron chi connectivity index (χ2n) is 8.14. The van der Waals surface area contributed by atoms with Gasteiger partial charge < -0.3 is 14.8 Å². The zero-order chi connectivity index (χ0) is 21.6. The summed E-state index contributed by atoms with van der Waals surface area (Å²) >= 11 is 0. The Morgan fingerprint density at radius 2 is 1.77 bits per heavy atom. The Hall–Kier alpha value is -2.99. The molecule has 6 nitrogen and oxygen atoms in total. The van der Waals surface area contributed by atoms with Crippen LogP contribution >= 0.6 is 0 Å². The molecule has 0 unspecified atom stereocenters. The van der Waals surface area contributed by atoms with E-state index >= 15 is 0 Å². The van der Waals surface area contributed by atoms with Gasteiger partial charge in [-0.1, -0.05) is 31.2 Å². The molecule has 1 N–H and O–H groups in total. The van der Waals surface area contributed by atoms with Crippen molar-refractivity contribution < 1.29 is 4.79 Å². The van der Waals surface area contributed by atoms with Gasteiger partial charge in [-0.2, -0.15) is 0 Å². The average molecular weight is 419 g/mol. The van der Waals surface area contributed by atoms with Crippen molar-refractivity contribution in [3.63, 3.8) is 0 Å². The van der Waals surface area contributed by atoms with Gasteiger partial charge in [0.25, 0.3) is 11.5 Å². The predicted octanol–water partition coefficient (Wildman–Crippen LogP) is 3.69. The molecule has 0 saturated carbocycles. The van der Waals surface area contributed by atoms with Gasteiger partial charge >= 0.3 is 0 Å². The lowest BCUT2D eigenvalue weighted by atomic mass is 10.1. The van der Waals surface area contributed by atoms with E-state index in [-0.39, 0.29) is 11.5 Å². The monoisotopic (exact) mass is 418 g/mol. The molecule has 0 bridgehead atoms. The summed E-state index contributed by atoms with van der Waals surface area (Å²) in [7, 11) is 0. The van der Waals surface area contributed by atoms with Gasteiger partial charge in [-0.3, -0.25) is 9.59 Å². The SMILES string of the molecule is CCCn1c(=O)c(-c2ccc(C(=O)NCCCN3CCCC3)cc2)nc2ccccc21. The van der Waals surface area contributed by atoms with Crippen LogP contribution in [0.15, 0.2) is 53.3 Å². The Labute approximate surface area is 182 Å². The summed E-state index contributed by atoms with van der Waals surface area (Å²) in [4.78, 5) is 32.6. The van der Waals surface area contributed by atoms with Gasteiger partial charge in [0.15, 0.2) is 0 Å². The number of likely N-dealkylation sites (tertiary alicyclic amines) is 1. The van der Waals surface area contributed by atoms with Gasteiger partial charge in [-0.05, 0) is 69.6 Å². The zero-order valence-electron chi connectivity index (χ0n) is 18.1. The van der Waals surface area contributed by atoms with Crippen LogP contribution in [0.3, 0.4) is 0 Å². The number of hydrogen-bond donors (Lipinski definition) is 1. The first-order valence-electron chi connectivity index (χ1n) is 11.3. The van der Waals surface area contributed by atoms with Crippen molar-refractivity contribution in [2.45, 2.75) is 39.2 Å². The van der Waals surface area contributed by atoms with E-state index in [0.29, 0.717) is 24.3 Å². The topological polar surface area (TPSA) is 67.2 Å². The van der Waals surface area contributed by atoms with Crippen molar-refractivity contribution in [1.29, 1.82) is 0 Å². The highest BCUT2D eigenvalue weighted by molar-refractivity contribution is 5.94. The molecule has 1 aromatic heterocycles. The molecule has 1 saturated heterocycles. The summed E-state index contributed by atoms with van der Waals surface area (Å²) < 4.78 is 1.79. The molecule has 1 fully saturated rings. The molecule has 2 heterocycles. The van der Waals surface area contributed by atoms with E-state index in [1.807, 2.05) is 36.4 Å². The number of nitrogens with zero attached hydrogens (tertiary/aromatic N) is 3. The van der Waals surface area contributed by atoms with E-state index in [2.05, 4.69) is 22.1 Å². The highest BCUT2D eigenvalue weighted by Gasteiger charge is 2.14. The maximum atomic E-state index is 13.1. The van der Waals surface area contributed by atoms with E-state index in [1.54, 1.807) is 16.7 Å². The number of aromatic nitrogens is 2. The van der Waals surface area contributed by atoms with Crippen molar-refractivity contribution >= 4 is 16.9 Å². The number of fused-ring (bicyclic) bond motifs is 1. The lowest BCUT2D eigenvalue weighted by molar-refractivity contribution is 0.0952. The lowest BCUT2D eigenvalue weighted by Gasteiger charge is -2.14. The van der Waals surface area contributed by atoms with Gasteiger partial charge in [0.05, 0.1) is 11.0 Å². The quantitative estimate of drug-likeness (QED) is 0.567. The predicted molar refractivity (Wildman–Crippen MR) is 124 cm³/mol. The second kappa shape index (κ2) is 9.88. The number of carbonyl (C=O) groups excluding carboxylic acids is 1. The zero-order valence-corrected chi connectivity index (χ0v) is 18.1. The molecule has 4 rings (SSSR count). The summed E-state index contributed by atoms with van der Waals surface area (Å²) in [5.41, 5.74) is 3.29. The van der Waals surface area contributed by atoms with Crippen LogP contribution in [-0.2, 0) is 6.54 Å². The molecule has 2 aromatic carbocycles. The first-order valence-corrected chi connectivity index (χ1v) is 11.3. The number of carbonyl (C=O) groups is 1. The Bertz CT molecular complexity index is 1100. The van der Waals surface area contributed by atoms with Crippen LogP contribution in [0.2, 0.25) is 0 Å². The Morgan fingerprint density at radius 3 is 2.52 bits per heavy atom. The Morgan fingerprint density at radius 1 is 1.03 bits per heavy atom. The minimum absolute atomic E-state index is 0.0807. The fourth-order valence-corrected chi connectivity index (χ4v) is 4.22. The Kier molecular flexibility index (Phi) is 6.77. The maximum Gasteiger partial charge on any atom is 0.277 e. The van der Waals surface area contributed by atoms with Gasteiger partial charge in [-0.15, -0.1) is 0 Å². The third kappa shape index (κ3) is 4.85. The second-order valence-corrected chi connectivity index (χ2v) is 8.14. The molecule has 1 amide bonds. The summed E-state index contributed by atoms with van der Waals surface area (Å²) in [6, 6.07) is 14.9. The van der Waals surface area contributed by atoms with E-state index < -0.39 is 0 Å². The molecule has 0 radical (unpaired) electrons. The van der Waals surface area contributed by atoms with Crippen molar-refractivity contribution in [2.75, 3.05) is 26.2 Å². The molecule has 6 heteroatoms. The number of amides is 1. The number of para-hydroxylation sites is 2. The van der Waals surface area contributed by atoms with Gasteiger partial charge in [-0.25, -0.2) is 4.98 Å². The number of hydrogen-bond acceptors (Lipinski definition) is 4. The van der Waals surface area contributed by atoms with Crippen LogP contribution in [0.1, 0.15) is 43.0 Å². The molecular formula is C25H30N4O2. The van der Waals surface area contributed by atoms with E-state index in [0.717, 1.165) is 36.0 Å². The number of rotatable bonds is 8. The van der Waals surface area contributed by atoms with Crippen molar-refractivity contribution in [3.05, 3.63) is 64.4 Å². The van der Waals surface area contributed by atoms with E-state index in [1.165, 1.54) is 25.9 Å². The van der Waals surface area contributed by atoms with Crippen LogP contribution < -0.4 is 10.9 Å². The highest BCUT2D eigenvalue weighted by atomic mass is 16.1. The summed E-state index contributed by atoms with van der Waals surface area (Å²) in [6.45, 7) is 6.77. The summed E-state index contributed by atoms with van der Waals surface area (Å²) in [5, 5.41) is 3.00. The fraction of sp³-hybridized carbons (Fsp3) is 0.400. The Balaban J connectivity index is 1.47. The summed E-state index contributed by atoms with van der Waals surface area (Å²) in [5.74, 6) is -0.0807. The maximum absolute atomic E-state index is 13.1. The van der Waals surface area contributed by atoms with Crippen molar-refractivity contribution in [2.24, 2.45) is 0 Å². The standard InChI is InChI=1S/C25H30N4O2/c1-2-15-29-22-9-4-3-8-21(22)27-23(25(29)31)19-10-12-20(13-11-19)24(30)26-14-7-18-28-16-5-6-17-28/h3-4,8-13H,2,5-7,14-18H2,1H3,(H,26,30). The van der Waals surface area contributed by atoms with Crippen LogP contribution in [0.5, 0.6) is 0 Å². The summed E-state index contributed by atoms with van der Waals surface area (Å²) in [6.07, 6.45) is 4.40. The number of aryl methyl sites for hydroxylation is 1. The first-order chi connectivity index (χ1) is 15.2. The average Bonchev–Trinajstić information content (AvgIpc) is 3.32. The molecule has 0 atom stereocenters. The molecule has 3 aromatic rings. The molecule has 0 aliphatic carbocycles. The lowest BCUT2D eigenvalue weighted by Crippen LogP contribution is -2.28. The minimum atomic E-state index is -0.0975. The largest absolute Gasteiger partial charge is 0.352 e. The first kappa shape index (κ1) is 21.2. The molecule has 0 spiro atoms. The minimum Gasteiger partial charge on any atom is -0.352 e. The van der Waals surface area contributed by atoms with E-state index in [4.69, 9.17) is 0 Å². The smallest absolute Gasteiger partial charge is 0.277 e. The van der Waals surface area contributed by atoms with E-state index in [9.17, 15) is 9.59 Å². The van der Waals surface area contributed by atoms with Crippen LogP contribution in [0.4, 0.5) is 0 Å². The van der Waals surface area contributed by atoms with Crippen LogP contribution in [0.25, 0.3) is 22.3 Å². The van der Waals surface area contributed by atoms with Crippen LogP contribution in [0, 0.1) is 0 Å². The molecule has 31 heavy (non-hydrogen) atoms. The van der Waals surface area contributed by atoms with Crippen molar-refractivity contribution in [3.8, 4) is 11.3 Å². The normalized spacial score (nSPS) is 14.2. The van der Waals surface area contributed by atoms with Crippen LogP contribution in [-0.4, -0.2) is 46.5 Å². The molecule has 162 valence electrons. The number of nitrogens with one attached hydrogen (secondary N) is 1. The third-order valence-electron chi connectivity index (χ3n) is 5.86. The van der Waals surface area contributed by atoms with Crippen molar-refractivity contribution in [1.82, 2.24) is 19.8 Å². The highest BCUT2D eigenvalue weighted by Crippen LogP contribution is 2.19. The molecule has 1 aliphatic heterocycles. The van der Waals surface area contributed by atoms with Gasteiger partial charge in [0, 0.05) is 24.2 Å².